The van der Waals surface area contributed by atoms with Crippen molar-refractivity contribution in [2.75, 3.05) is 13.3 Å². The molecule has 0 aromatic heterocycles. The summed E-state index contributed by atoms with van der Waals surface area (Å²) in [7, 11) is 0. The Morgan fingerprint density at radius 3 is 2.62 bits per heavy atom. The second kappa shape index (κ2) is 5.34. The van der Waals surface area contributed by atoms with Crippen LogP contribution in [-0.2, 0) is 4.74 Å². The van der Waals surface area contributed by atoms with Gasteiger partial charge in [-0.25, -0.2) is 4.39 Å². The Morgan fingerprint density at radius 1 is 1.38 bits per heavy atom. The molecule has 0 saturated heterocycles. The Bertz CT molecular complexity index is 276. The number of rotatable bonds is 4. The lowest BCUT2D eigenvalue weighted by Crippen LogP contribution is -2.04. The fraction of sp³-hybridized carbons (Fsp3) is 0.273. The number of halogens is 1. The molecule has 1 atom stereocenters. The number of benzene rings is 1. The van der Waals surface area contributed by atoms with Crippen molar-refractivity contribution in [2.45, 2.75) is 6.10 Å². The van der Waals surface area contributed by atoms with E-state index in [1.54, 1.807) is 0 Å². The van der Waals surface area contributed by atoms with E-state index in [9.17, 15) is 4.39 Å². The highest BCUT2D eigenvalue weighted by Gasteiger charge is 2.06. The van der Waals surface area contributed by atoms with Crippen LogP contribution in [0.5, 0.6) is 0 Å². The minimum absolute atomic E-state index is 0.0454. The lowest BCUT2D eigenvalue weighted by Gasteiger charge is -2.10. The molecule has 1 aromatic carbocycles. The topological polar surface area (TPSA) is 9.23 Å². The molecule has 0 heterocycles. The Labute approximate surface area is 77.5 Å². The molecule has 0 saturated carbocycles. The van der Waals surface area contributed by atoms with Crippen molar-refractivity contribution in [3.63, 3.8) is 0 Å². The van der Waals surface area contributed by atoms with Crippen molar-refractivity contribution in [1.29, 1.82) is 0 Å². The molecule has 0 amide bonds. The molecule has 0 aliphatic heterocycles. The maximum absolute atomic E-state index is 11.8. The predicted octanol–water partition coefficient (Wildman–Crippen LogP) is 2.35. The molecule has 0 spiro atoms. The van der Waals surface area contributed by atoms with Gasteiger partial charge in [0.2, 0.25) is 0 Å². The lowest BCUT2D eigenvalue weighted by molar-refractivity contribution is 0.0799. The minimum Gasteiger partial charge on any atom is -0.358 e. The lowest BCUT2D eigenvalue weighted by atomic mass is 10.1. The quantitative estimate of drug-likeness (QED) is 0.643. The zero-order chi connectivity index (χ0) is 9.52. The molecule has 0 aliphatic rings. The molecule has 1 unspecified atom stereocenters. The first kappa shape index (κ1) is 9.76. The van der Waals surface area contributed by atoms with E-state index in [1.165, 1.54) is 0 Å². The van der Waals surface area contributed by atoms with E-state index < -0.39 is 12.8 Å². The van der Waals surface area contributed by atoms with Crippen LogP contribution in [0.1, 0.15) is 11.7 Å². The van der Waals surface area contributed by atoms with Gasteiger partial charge in [-0.3, -0.25) is 0 Å². The predicted molar refractivity (Wildman–Crippen MR) is 49.9 cm³/mol. The van der Waals surface area contributed by atoms with Crippen LogP contribution in [0.15, 0.2) is 30.3 Å². The molecule has 0 aliphatic carbocycles. The molecule has 1 aromatic rings. The van der Waals surface area contributed by atoms with Gasteiger partial charge in [-0.1, -0.05) is 36.3 Å². The molecule has 2 heteroatoms. The third-order valence-corrected chi connectivity index (χ3v) is 1.62. The van der Waals surface area contributed by atoms with Crippen LogP contribution >= 0.6 is 0 Å². The monoisotopic (exact) mass is 178 g/mol. The van der Waals surface area contributed by atoms with Crippen molar-refractivity contribution >= 4 is 0 Å². The fourth-order valence-electron chi connectivity index (χ4n) is 1.03. The van der Waals surface area contributed by atoms with Crippen LogP contribution in [0.4, 0.5) is 4.39 Å². The van der Waals surface area contributed by atoms with Crippen molar-refractivity contribution < 1.29 is 9.13 Å². The standard InChI is InChI=1S/C11H11FO/c1-2-11(13-9-8-12)10-6-4-3-5-7-10/h1,3-7,11H,8-9H2. The Kier molecular flexibility index (Phi) is 4.01. The Balaban J connectivity index is 2.63. The molecule has 68 valence electrons. The van der Waals surface area contributed by atoms with Gasteiger partial charge in [0.15, 0.2) is 0 Å². The molecule has 0 N–H and O–H groups in total. The summed E-state index contributed by atoms with van der Waals surface area (Å²) in [6.45, 7) is -0.464. The smallest absolute Gasteiger partial charge is 0.143 e. The molecule has 13 heavy (non-hydrogen) atoms. The molecular formula is C11H11FO. The van der Waals surface area contributed by atoms with E-state index >= 15 is 0 Å². The minimum atomic E-state index is -0.509. The highest BCUT2D eigenvalue weighted by molar-refractivity contribution is 5.23. The van der Waals surface area contributed by atoms with Gasteiger partial charge < -0.3 is 4.74 Å². The molecule has 0 radical (unpaired) electrons. The van der Waals surface area contributed by atoms with Crippen molar-refractivity contribution in [3.05, 3.63) is 35.9 Å². The Morgan fingerprint density at radius 2 is 2.08 bits per heavy atom. The van der Waals surface area contributed by atoms with Crippen LogP contribution in [0.3, 0.4) is 0 Å². The summed E-state index contributed by atoms with van der Waals surface area (Å²) in [6.07, 6.45) is 4.81. The second-order valence-corrected chi connectivity index (χ2v) is 2.52. The van der Waals surface area contributed by atoms with Gasteiger partial charge in [-0.05, 0) is 5.56 Å². The van der Waals surface area contributed by atoms with Crippen LogP contribution in [0, 0.1) is 12.3 Å². The molecular weight excluding hydrogens is 167 g/mol. The average molecular weight is 178 g/mol. The van der Waals surface area contributed by atoms with Crippen molar-refractivity contribution in [2.24, 2.45) is 0 Å². The van der Waals surface area contributed by atoms with E-state index in [4.69, 9.17) is 11.2 Å². The molecule has 0 bridgehead atoms. The number of ether oxygens (including phenoxy) is 1. The van der Waals surface area contributed by atoms with Gasteiger partial charge in [-0.15, -0.1) is 6.42 Å². The van der Waals surface area contributed by atoms with Gasteiger partial charge in [0.1, 0.15) is 12.8 Å². The summed E-state index contributed by atoms with van der Waals surface area (Å²) < 4.78 is 16.9. The second-order valence-electron chi connectivity index (χ2n) is 2.52. The first-order valence-corrected chi connectivity index (χ1v) is 4.07. The SMILES string of the molecule is C#CC(OCCF)c1ccccc1. The maximum atomic E-state index is 11.8. The Hall–Kier alpha value is -1.33. The molecule has 1 nitrogen and oxygen atoms in total. The molecule has 1 rings (SSSR count). The van der Waals surface area contributed by atoms with Crippen LogP contribution in [-0.4, -0.2) is 13.3 Å². The van der Waals surface area contributed by atoms with Crippen LogP contribution in [0.25, 0.3) is 0 Å². The summed E-state index contributed by atoms with van der Waals surface area (Å²) in [4.78, 5) is 0. The summed E-state index contributed by atoms with van der Waals surface area (Å²) in [5, 5.41) is 0. The first-order chi connectivity index (χ1) is 6.38. The zero-order valence-corrected chi connectivity index (χ0v) is 7.24. The van der Waals surface area contributed by atoms with Gasteiger partial charge in [0.25, 0.3) is 0 Å². The van der Waals surface area contributed by atoms with Gasteiger partial charge >= 0.3 is 0 Å². The number of hydrogen-bond donors (Lipinski definition) is 0. The largest absolute Gasteiger partial charge is 0.358 e. The third kappa shape index (κ3) is 2.89. The first-order valence-electron chi connectivity index (χ1n) is 4.07. The number of alkyl halides is 1. The number of hydrogen-bond acceptors (Lipinski definition) is 1. The summed E-state index contributed by atoms with van der Waals surface area (Å²) in [6, 6.07) is 9.37. The summed E-state index contributed by atoms with van der Waals surface area (Å²) in [5.41, 5.74) is 0.887. The van der Waals surface area contributed by atoms with Crippen molar-refractivity contribution in [1.82, 2.24) is 0 Å². The van der Waals surface area contributed by atoms with E-state index in [0.717, 1.165) is 5.56 Å². The van der Waals surface area contributed by atoms with E-state index in [-0.39, 0.29) is 6.61 Å². The summed E-state index contributed by atoms with van der Waals surface area (Å²) >= 11 is 0. The van der Waals surface area contributed by atoms with E-state index in [1.807, 2.05) is 30.3 Å². The van der Waals surface area contributed by atoms with Crippen LogP contribution in [0.2, 0.25) is 0 Å². The highest BCUT2D eigenvalue weighted by atomic mass is 19.1. The van der Waals surface area contributed by atoms with Gasteiger partial charge in [-0.2, -0.15) is 0 Å². The van der Waals surface area contributed by atoms with Crippen molar-refractivity contribution in [3.8, 4) is 12.3 Å². The van der Waals surface area contributed by atoms with Crippen LogP contribution < -0.4 is 0 Å². The van der Waals surface area contributed by atoms with Gasteiger partial charge in [0.05, 0.1) is 6.61 Å². The average Bonchev–Trinajstić information content (AvgIpc) is 2.21. The van der Waals surface area contributed by atoms with Gasteiger partial charge in [0, 0.05) is 0 Å². The highest BCUT2D eigenvalue weighted by Crippen LogP contribution is 2.15. The van der Waals surface area contributed by atoms with E-state index in [0.29, 0.717) is 0 Å². The normalized spacial score (nSPS) is 12.0. The number of terminal acetylenes is 1. The van der Waals surface area contributed by atoms with E-state index in [2.05, 4.69) is 5.92 Å². The zero-order valence-electron chi connectivity index (χ0n) is 7.24. The molecule has 0 fully saturated rings. The maximum Gasteiger partial charge on any atom is 0.143 e. The fourth-order valence-corrected chi connectivity index (χ4v) is 1.03. The summed E-state index contributed by atoms with van der Waals surface area (Å²) in [5.74, 6) is 2.46. The third-order valence-electron chi connectivity index (χ3n) is 1.62.